The summed E-state index contributed by atoms with van der Waals surface area (Å²) < 4.78 is 31.3. The first-order valence-corrected chi connectivity index (χ1v) is 12.2. The number of methoxy groups -OCH3 is 1. The molecule has 1 aliphatic rings. The second-order valence-corrected chi connectivity index (χ2v) is 10.3. The number of fused-ring (bicyclic) bond motifs is 1. The van der Waals surface area contributed by atoms with Crippen LogP contribution in [-0.4, -0.2) is 54.0 Å². The lowest BCUT2D eigenvalue weighted by Crippen LogP contribution is -2.42. The van der Waals surface area contributed by atoms with Crippen LogP contribution in [0.3, 0.4) is 0 Å². The van der Waals surface area contributed by atoms with Crippen LogP contribution in [0.5, 0.6) is 5.75 Å². The van der Waals surface area contributed by atoms with Gasteiger partial charge in [-0.3, -0.25) is 9.88 Å². The molecule has 1 fully saturated rings. The zero-order valence-corrected chi connectivity index (χ0v) is 22.0. The predicted octanol–water partition coefficient (Wildman–Crippen LogP) is 5.93. The van der Waals surface area contributed by atoms with E-state index in [0.717, 1.165) is 16.7 Å². The van der Waals surface area contributed by atoms with Crippen molar-refractivity contribution in [2.75, 3.05) is 32.3 Å². The quantitative estimate of drug-likeness (QED) is 0.325. The number of rotatable bonds is 5. The number of pyridine rings is 1. The Morgan fingerprint density at radius 1 is 1.08 bits per heavy atom. The van der Waals surface area contributed by atoms with E-state index in [-0.39, 0.29) is 13.2 Å². The van der Waals surface area contributed by atoms with E-state index < -0.39 is 17.4 Å². The molecule has 9 heteroatoms. The van der Waals surface area contributed by atoms with Crippen LogP contribution in [0.4, 0.5) is 15.0 Å². The number of benzene rings is 2. The third-order valence-electron chi connectivity index (χ3n) is 6.27. The highest BCUT2D eigenvalue weighted by molar-refractivity contribution is 6.00. The number of aromatic nitrogens is 3. The third kappa shape index (κ3) is 4.89. The van der Waals surface area contributed by atoms with Gasteiger partial charge in [0.15, 0.2) is 11.5 Å². The van der Waals surface area contributed by atoms with E-state index in [0.29, 0.717) is 33.9 Å². The summed E-state index contributed by atoms with van der Waals surface area (Å²) >= 11 is 0. The highest BCUT2D eigenvalue weighted by Crippen LogP contribution is 2.40. The minimum Gasteiger partial charge on any atom is -0.496 e. The van der Waals surface area contributed by atoms with E-state index in [2.05, 4.69) is 4.98 Å². The highest BCUT2D eigenvalue weighted by atomic mass is 19.1. The molecule has 0 spiro atoms. The molecule has 0 saturated carbocycles. The Labute approximate surface area is 220 Å². The Bertz CT molecular complexity index is 1500. The molecule has 1 amide bonds. The fourth-order valence-electron chi connectivity index (χ4n) is 4.23. The van der Waals surface area contributed by atoms with Crippen molar-refractivity contribution >= 4 is 22.8 Å². The van der Waals surface area contributed by atoms with Crippen LogP contribution in [0, 0.1) is 0 Å². The monoisotopic (exact) mass is 516 g/mol. The van der Waals surface area contributed by atoms with Gasteiger partial charge in [-0.25, -0.2) is 19.2 Å². The van der Waals surface area contributed by atoms with Gasteiger partial charge in [-0.1, -0.05) is 18.2 Å². The van der Waals surface area contributed by atoms with Crippen LogP contribution in [0.25, 0.3) is 33.4 Å². The summed E-state index contributed by atoms with van der Waals surface area (Å²) in [7, 11) is 3.17. The first kappa shape index (κ1) is 25.5. The first-order chi connectivity index (χ1) is 18.1. The predicted molar refractivity (Wildman–Crippen MR) is 143 cm³/mol. The van der Waals surface area contributed by atoms with Crippen LogP contribution < -0.4 is 9.64 Å². The number of hydrogen-bond donors (Lipinski definition) is 0. The number of carbonyl (C=O) groups excluding carboxylic acids is 1. The number of halogens is 1. The summed E-state index contributed by atoms with van der Waals surface area (Å²) in [6, 6.07) is 14.6. The normalized spacial score (nSPS) is 14.6. The van der Waals surface area contributed by atoms with Gasteiger partial charge in [0, 0.05) is 36.0 Å². The van der Waals surface area contributed by atoms with Crippen molar-refractivity contribution in [3.05, 3.63) is 66.5 Å². The fourth-order valence-corrected chi connectivity index (χ4v) is 4.23. The summed E-state index contributed by atoms with van der Waals surface area (Å²) in [4.78, 5) is 28.1. The lowest BCUT2D eigenvalue weighted by Gasteiger charge is -2.34. The van der Waals surface area contributed by atoms with Gasteiger partial charge in [-0.05, 0) is 62.2 Å². The van der Waals surface area contributed by atoms with Gasteiger partial charge < -0.3 is 14.2 Å². The van der Waals surface area contributed by atoms with E-state index in [4.69, 9.17) is 24.2 Å². The molecule has 2 aromatic carbocycles. The summed E-state index contributed by atoms with van der Waals surface area (Å²) in [5, 5.41) is 0.643. The molecule has 0 aliphatic carbocycles. The van der Waals surface area contributed by atoms with Gasteiger partial charge >= 0.3 is 6.09 Å². The lowest BCUT2D eigenvalue weighted by atomic mass is 9.91. The Morgan fingerprint density at radius 3 is 2.50 bits per heavy atom. The number of hydrogen-bond acceptors (Lipinski definition) is 7. The number of ether oxygens (including phenoxy) is 3. The summed E-state index contributed by atoms with van der Waals surface area (Å²) in [5.41, 5.74) is 1.25. The second kappa shape index (κ2) is 9.64. The van der Waals surface area contributed by atoms with Crippen LogP contribution >= 0.6 is 0 Å². The standard InChI is InChI=1S/C29H29FN4O4/c1-28(2,3)38-27(35)34(4)26-22-13-18(8-11-23(22)32-25(33-26)19-7-6-12-31-15-19)21-10-9-20(14-24(21)36-5)29(30)16-37-17-29/h6-15H,16-17H2,1-5H3. The molecule has 4 aromatic rings. The van der Waals surface area contributed by atoms with E-state index in [1.54, 1.807) is 44.8 Å². The maximum absolute atomic E-state index is 15.0. The molecule has 5 rings (SSSR count). The maximum atomic E-state index is 15.0. The molecule has 0 bridgehead atoms. The third-order valence-corrected chi connectivity index (χ3v) is 6.27. The summed E-state index contributed by atoms with van der Waals surface area (Å²) in [6.45, 7) is 5.49. The van der Waals surface area contributed by atoms with Gasteiger partial charge in [0.1, 0.15) is 17.2 Å². The molecule has 3 heterocycles. The van der Waals surface area contributed by atoms with Crippen molar-refractivity contribution in [1.29, 1.82) is 0 Å². The average Bonchev–Trinajstić information content (AvgIpc) is 2.89. The second-order valence-electron chi connectivity index (χ2n) is 10.3. The van der Waals surface area contributed by atoms with E-state index in [1.807, 2.05) is 51.1 Å². The zero-order valence-electron chi connectivity index (χ0n) is 22.0. The molecule has 1 aliphatic heterocycles. The lowest BCUT2D eigenvalue weighted by molar-refractivity contribution is -0.135. The van der Waals surface area contributed by atoms with Crippen LogP contribution in [0.15, 0.2) is 60.9 Å². The van der Waals surface area contributed by atoms with Crippen molar-refractivity contribution in [3.8, 4) is 28.3 Å². The smallest absolute Gasteiger partial charge is 0.415 e. The molecule has 8 nitrogen and oxygen atoms in total. The molecule has 0 unspecified atom stereocenters. The molecule has 0 atom stereocenters. The van der Waals surface area contributed by atoms with E-state index >= 15 is 0 Å². The maximum Gasteiger partial charge on any atom is 0.415 e. The van der Waals surface area contributed by atoms with Crippen LogP contribution in [0.1, 0.15) is 26.3 Å². The van der Waals surface area contributed by atoms with E-state index in [9.17, 15) is 9.18 Å². The van der Waals surface area contributed by atoms with Crippen molar-refractivity contribution in [1.82, 2.24) is 15.0 Å². The van der Waals surface area contributed by atoms with Crippen molar-refractivity contribution in [2.45, 2.75) is 32.0 Å². The minimum absolute atomic E-state index is 0.0302. The average molecular weight is 517 g/mol. The Hall–Kier alpha value is -4.11. The molecule has 0 radical (unpaired) electrons. The van der Waals surface area contributed by atoms with Crippen molar-refractivity contribution < 1.29 is 23.4 Å². The number of alkyl halides is 1. The molecule has 196 valence electrons. The fraction of sp³-hybridized carbons (Fsp3) is 0.310. The number of carbonyl (C=O) groups is 1. The summed E-state index contributed by atoms with van der Waals surface area (Å²) in [5.74, 6) is 1.34. The molecular formula is C29H29FN4O4. The van der Waals surface area contributed by atoms with E-state index in [1.165, 1.54) is 4.90 Å². The first-order valence-electron chi connectivity index (χ1n) is 12.2. The van der Waals surface area contributed by atoms with Gasteiger partial charge in [-0.2, -0.15) is 0 Å². The van der Waals surface area contributed by atoms with Gasteiger partial charge in [0.2, 0.25) is 0 Å². The molecular weight excluding hydrogens is 487 g/mol. The Kier molecular flexibility index (Phi) is 6.48. The number of amides is 1. The van der Waals surface area contributed by atoms with Crippen molar-refractivity contribution in [2.24, 2.45) is 0 Å². The van der Waals surface area contributed by atoms with Crippen LogP contribution in [0.2, 0.25) is 0 Å². The SMILES string of the molecule is COc1cc(C2(F)COC2)ccc1-c1ccc2nc(-c3cccnc3)nc(N(C)C(=O)OC(C)(C)C)c2c1. The number of anilines is 1. The number of nitrogens with zero attached hydrogens (tertiary/aromatic N) is 4. The van der Waals surface area contributed by atoms with Gasteiger partial charge in [-0.15, -0.1) is 0 Å². The Balaban J connectivity index is 1.64. The molecule has 1 saturated heterocycles. The Morgan fingerprint density at radius 2 is 1.87 bits per heavy atom. The van der Waals surface area contributed by atoms with Gasteiger partial charge in [0.05, 0.1) is 25.8 Å². The highest BCUT2D eigenvalue weighted by Gasteiger charge is 2.41. The van der Waals surface area contributed by atoms with Crippen LogP contribution in [-0.2, 0) is 15.1 Å². The summed E-state index contributed by atoms with van der Waals surface area (Å²) in [6.07, 6.45) is 2.80. The van der Waals surface area contributed by atoms with Gasteiger partial charge in [0.25, 0.3) is 0 Å². The van der Waals surface area contributed by atoms with Crippen molar-refractivity contribution in [3.63, 3.8) is 0 Å². The molecule has 2 aromatic heterocycles. The topological polar surface area (TPSA) is 86.7 Å². The zero-order chi connectivity index (χ0) is 27.1. The molecule has 38 heavy (non-hydrogen) atoms. The molecule has 0 N–H and O–H groups in total. The minimum atomic E-state index is -1.50. The largest absolute Gasteiger partial charge is 0.496 e.